The first kappa shape index (κ1) is 62.6. The van der Waals surface area contributed by atoms with Crippen LogP contribution in [0.2, 0.25) is 0 Å². The minimum Gasteiger partial charge on any atom is -0.462 e. The third-order valence-corrected chi connectivity index (χ3v) is 13.7. The van der Waals surface area contributed by atoms with Gasteiger partial charge < -0.3 is 39.9 Å². The summed E-state index contributed by atoms with van der Waals surface area (Å²) in [4.78, 5) is 61.9. The van der Waals surface area contributed by atoms with Crippen molar-refractivity contribution in [2.45, 2.75) is 199 Å². The Hall–Kier alpha value is -3.54. The first-order valence-corrected chi connectivity index (χ1v) is 28.3. The summed E-state index contributed by atoms with van der Waals surface area (Å²) >= 11 is 0. The summed E-state index contributed by atoms with van der Waals surface area (Å²) in [5.74, 6) is -1.37. The summed E-state index contributed by atoms with van der Waals surface area (Å²) in [5.41, 5.74) is 4.58. The van der Waals surface area contributed by atoms with E-state index >= 15 is 0 Å². The topological polar surface area (TPSA) is 265 Å². The maximum Gasteiger partial charge on any atom is 0.481 e. The van der Waals surface area contributed by atoms with Gasteiger partial charge >= 0.3 is 33.3 Å². The number of nitrogens with zero attached hydrogens (tertiary/aromatic N) is 2. The number of nitrogens with two attached hydrogens (primary N) is 1. The number of aliphatic hydroxyl groups is 2. The standard InChI is InChI=1S/C50H83N3O15P2/c1-3-5-7-9-11-13-15-17-19-20-22-24-26-28-30-32-34-36-46(55)66-42(39-63-45(54)35-33-31-29-27-25-23-21-18-16-14-12-10-8-6-4-2)40-64-69(59,60)68-70(61,62)65-41-43-47(56)48(57)49(67-43)53-38-37-44(51)52-50(53)58/h11,13-14,16-17,19,22,24,28,30,37-38,42-43,47-49,56-57H,3-10,12,15,18,20-21,23,25-27,29,31-36,39-41H2,1-2H3,(H,59,60)(H,61,62)(H2,51,52,58)/b13-11-,16-14-,19-17-,24-22-,30-28-/t42-,43-,47+,48?,49-/m1/s1. The molecule has 1 aromatic heterocycles. The Balaban J connectivity index is 1.83. The fraction of sp³-hybridized carbons (Fsp3) is 0.680. The first-order valence-electron chi connectivity index (χ1n) is 25.3. The van der Waals surface area contributed by atoms with Gasteiger partial charge in [-0.25, -0.2) is 13.9 Å². The highest BCUT2D eigenvalue weighted by molar-refractivity contribution is 7.61. The van der Waals surface area contributed by atoms with Crippen LogP contribution in [0.15, 0.2) is 77.8 Å². The second-order valence-corrected chi connectivity index (χ2v) is 20.4. The second-order valence-electron chi connectivity index (χ2n) is 17.3. The van der Waals surface area contributed by atoms with Gasteiger partial charge in [-0.15, -0.1) is 0 Å². The quantitative estimate of drug-likeness (QED) is 0.0177. The number of carbonyl (C=O) groups is 2. The highest BCUT2D eigenvalue weighted by Gasteiger charge is 2.46. The van der Waals surface area contributed by atoms with Crippen LogP contribution in [0.1, 0.15) is 174 Å². The number of unbranched alkanes of at least 4 members (excludes halogenated alkanes) is 15. The zero-order valence-electron chi connectivity index (χ0n) is 41.6. The van der Waals surface area contributed by atoms with Crippen LogP contribution in [0, 0.1) is 0 Å². The molecule has 3 unspecified atom stereocenters. The van der Waals surface area contributed by atoms with Crippen molar-refractivity contribution >= 4 is 33.4 Å². The van der Waals surface area contributed by atoms with Crippen molar-refractivity contribution in [2.75, 3.05) is 25.6 Å². The summed E-state index contributed by atoms with van der Waals surface area (Å²) < 4.78 is 56.7. The van der Waals surface area contributed by atoms with Crippen molar-refractivity contribution in [2.24, 2.45) is 0 Å². The Morgan fingerprint density at radius 3 is 1.77 bits per heavy atom. The summed E-state index contributed by atoms with van der Waals surface area (Å²) in [6.07, 6.45) is 37.3. The minimum absolute atomic E-state index is 0.0284. The van der Waals surface area contributed by atoms with Crippen LogP contribution < -0.4 is 11.4 Å². The number of carbonyl (C=O) groups excluding carboxylic acids is 2. The number of nitrogen functional groups attached to an aromatic ring is 1. The monoisotopic (exact) mass is 1030 g/mol. The molecule has 0 saturated carbocycles. The summed E-state index contributed by atoms with van der Waals surface area (Å²) in [5, 5.41) is 20.9. The fourth-order valence-electron chi connectivity index (χ4n) is 7.12. The molecule has 20 heteroatoms. The zero-order valence-corrected chi connectivity index (χ0v) is 43.3. The maximum absolute atomic E-state index is 12.8. The van der Waals surface area contributed by atoms with Gasteiger partial charge in [0.25, 0.3) is 0 Å². The maximum atomic E-state index is 12.8. The highest BCUT2D eigenvalue weighted by Crippen LogP contribution is 2.60. The normalized spacial score (nSPS) is 19.7. The van der Waals surface area contributed by atoms with Crippen molar-refractivity contribution in [3.63, 3.8) is 0 Å². The minimum atomic E-state index is -5.44. The van der Waals surface area contributed by atoms with Gasteiger partial charge in [-0.2, -0.15) is 9.29 Å². The molecule has 398 valence electrons. The van der Waals surface area contributed by atoms with Crippen LogP contribution in [0.3, 0.4) is 0 Å². The molecule has 0 radical (unpaired) electrons. The van der Waals surface area contributed by atoms with E-state index in [-0.39, 0.29) is 18.7 Å². The Labute approximate surface area is 415 Å². The lowest BCUT2D eigenvalue weighted by atomic mass is 10.1. The molecule has 1 aliphatic rings. The van der Waals surface area contributed by atoms with E-state index in [4.69, 9.17) is 29.0 Å². The fourth-order valence-corrected chi connectivity index (χ4v) is 9.23. The largest absolute Gasteiger partial charge is 0.481 e. The molecule has 18 nitrogen and oxygen atoms in total. The number of allylic oxidation sites excluding steroid dienone is 10. The lowest BCUT2D eigenvalue weighted by Gasteiger charge is -2.21. The number of hydrogen-bond donors (Lipinski definition) is 5. The van der Waals surface area contributed by atoms with Crippen molar-refractivity contribution in [1.82, 2.24) is 9.55 Å². The Bertz CT molecular complexity index is 1910. The Morgan fingerprint density at radius 1 is 0.686 bits per heavy atom. The molecule has 1 aromatic rings. The molecule has 0 bridgehead atoms. The zero-order chi connectivity index (χ0) is 51.3. The molecule has 2 heterocycles. The van der Waals surface area contributed by atoms with Crippen molar-refractivity contribution in [1.29, 1.82) is 0 Å². The highest BCUT2D eigenvalue weighted by atomic mass is 31.3. The SMILES string of the molecule is CCCCC/C=C\C/C=C\C/C=C\C/C=C\CCCC(=O)O[C@H](COC(=O)CCCCCCCCC/C=C\CCCCCC)COP(=O)(O)OP(=O)(O)OC[C@H]1O[C@@H](n2ccc(N)nc2=O)C(O)[C@H]1O. The second kappa shape index (κ2) is 38.1. The van der Waals surface area contributed by atoms with Gasteiger partial charge in [-0.1, -0.05) is 139 Å². The molecule has 1 saturated heterocycles. The van der Waals surface area contributed by atoms with Crippen molar-refractivity contribution in [3.8, 4) is 0 Å². The van der Waals surface area contributed by atoms with Gasteiger partial charge in [0, 0.05) is 19.0 Å². The average molecular weight is 1030 g/mol. The van der Waals surface area contributed by atoms with E-state index in [1.54, 1.807) is 0 Å². The molecule has 0 aliphatic carbocycles. The summed E-state index contributed by atoms with van der Waals surface area (Å²) in [6.45, 7) is 2.06. The number of phosphoric acid groups is 2. The molecular formula is C50H83N3O15P2. The van der Waals surface area contributed by atoms with Crippen LogP contribution in [0.4, 0.5) is 5.82 Å². The number of ether oxygens (including phenoxy) is 3. The van der Waals surface area contributed by atoms with Gasteiger partial charge in [-0.05, 0) is 83.1 Å². The number of aromatic nitrogens is 2. The number of rotatable bonds is 41. The van der Waals surface area contributed by atoms with Gasteiger partial charge in [-0.3, -0.25) is 23.2 Å². The molecular weight excluding hydrogens is 945 g/mol. The van der Waals surface area contributed by atoms with E-state index in [9.17, 15) is 43.5 Å². The Kier molecular flexibility index (Phi) is 34.1. The van der Waals surface area contributed by atoms with E-state index < -0.39 is 83.7 Å². The molecule has 0 aromatic carbocycles. The molecule has 1 aliphatic heterocycles. The van der Waals surface area contributed by atoms with Crippen LogP contribution in [0.25, 0.3) is 0 Å². The molecule has 1 fully saturated rings. The van der Waals surface area contributed by atoms with E-state index in [1.807, 2.05) is 12.2 Å². The molecule has 70 heavy (non-hydrogen) atoms. The number of esters is 2. The lowest BCUT2D eigenvalue weighted by Crippen LogP contribution is -2.36. The predicted molar refractivity (Wildman–Crippen MR) is 270 cm³/mol. The van der Waals surface area contributed by atoms with Crippen LogP contribution in [-0.4, -0.2) is 85.7 Å². The van der Waals surface area contributed by atoms with Gasteiger partial charge in [0.05, 0.1) is 13.2 Å². The van der Waals surface area contributed by atoms with Crippen LogP contribution in [-0.2, 0) is 46.3 Å². The molecule has 0 amide bonds. The molecule has 7 atom stereocenters. The predicted octanol–water partition coefficient (Wildman–Crippen LogP) is 10.3. The third kappa shape index (κ3) is 30.4. The van der Waals surface area contributed by atoms with E-state index in [0.717, 1.165) is 87.8 Å². The Morgan fingerprint density at radius 2 is 1.17 bits per heavy atom. The number of aliphatic hydroxyl groups excluding tert-OH is 2. The molecule has 2 rings (SSSR count). The molecule has 0 spiro atoms. The van der Waals surface area contributed by atoms with Gasteiger partial charge in [0.1, 0.15) is 30.7 Å². The number of hydrogen-bond acceptors (Lipinski definition) is 15. The summed E-state index contributed by atoms with van der Waals surface area (Å²) in [6, 6.07) is 1.24. The van der Waals surface area contributed by atoms with E-state index in [2.05, 4.69) is 71.8 Å². The first-order chi connectivity index (χ1) is 33.7. The lowest BCUT2D eigenvalue weighted by molar-refractivity contribution is -0.161. The van der Waals surface area contributed by atoms with Gasteiger partial charge in [0.2, 0.25) is 0 Å². The smallest absolute Gasteiger partial charge is 0.462 e. The van der Waals surface area contributed by atoms with Crippen molar-refractivity contribution < 1.29 is 66.3 Å². The van der Waals surface area contributed by atoms with E-state index in [1.165, 1.54) is 51.0 Å². The molecule has 6 N–H and O–H groups in total. The van der Waals surface area contributed by atoms with Gasteiger partial charge in [0.15, 0.2) is 12.3 Å². The third-order valence-electron chi connectivity index (χ3n) is 11.1. The average Bonchev–Trinajstić information content (AvgIpc) is 3.59. The van der Waals surface area contributed by atoms with E-state index in [0.29, 0.717) is 19.3 Å². The number of phosphoric ester groups is 2. The van der Waals surface area contributed by atoms with Crippen molar-refractivity contribution in [3.05, 3.63) is 83.5 Å². The van der Waals surface area contributed by atoms with Crippen LogP contribution >= 0.6 is 15.6 Å². The number of anilines is 1. The van der Waals surface area contributed by atoms with Crippen LogP contribution in [0.5, 0.6) is 0 Å². The summed E-state index contributed by atoms with van der Waals surface area (Å²) in [7, 11) is -10.9.